The van der Waals surface area contributed by atoms with E-state index in [9.17, 15) is 22.3 Å². The van der Waals surface area contributed by atoms with Crippen LogP contribution in [0.2, 0.25) is 5.02 Å². The Morgan fingerprint density at radius 2 is 1.68 bits per heavy atom. The van der Waals surface area contributed by atoms with Crippen molar-refractivity contribution in [3.8, 4) is 0 Å². The van der Waals surface area contributed by atoms with Gasteiger partial charge in [-0.2, -0.15) is 0 Å². The molecule has 31 heavy (non-hydrogen) atoms. The predicted octanol–water partition coefficient (Wildman–Crippen LogP) is 4.60. The van der Waals surface area contributed by atoms with Crippen molar-refractivity contribution in [3.63, 3.8) is 0 Å². The molecule has 1 saturated heterocycles. The fourth-order valence-electron chi connectivity index (χ4n) is 4.33. The minimum atomic E-state index is -3.87. The van der Waals surface area contributed by atoms with Crippen molar-refractivity contribution in [2.75, 3.05) is 19.3 Å². The number of thiophene rings is 1. The summed E-state index contributed by atoms with van der Waals surface area (Å²) in [6, 6.07) is 13.6. The Morgan fingerprint density at radius 3 is 2.19 bits per heavy atom. The number of likely N-dealkylation sites (tertiary alicyclic amines) is 1. The lowest BCUT2D eigenvalue weighted by Gasteiger charge is -2.52. The van der Waals surface area contributed by atoms with Gasteiger partial charge in [-0.1, -0.05) is 29.8 Å². The van der Waals surface area contributed by atoms with Gasteiger partial charge in [0, 0.05) is 35.3 Å². The maximum Gasteiger partial charge on any atom is 0.157 e. The van der Waals surface area contributed by atoms with Crippen molar-refractivity contribution in [2.24, 2.45) is 0 Å². The molecule has 3 aromatic rings. The van der Waals surface area contributed by atoms with E-state index in [1.54, 1.807) is 23.5 Å². The first-order valence-electron chi connectivity index (χ1n) is 9.47. The highest BCUT2D eigenvalue weighted by atomic mass is 35.5. The minimum Gasteiger partial charge on any atom is -0.385 e. The molecule has 4 nitrogen and oxygen atoms in total. The Hall–Kier alpha value is -1.84. The molecule has 2 aromatic carbocycles. The highest BCUT2D eigenvalue weighted by Gasteiger charge is 2.54. The van der Waals surface area contributed by atoms with Crippen LogP contribution in [-0.2, 0) is 9.84 Å². The van der Waals surface area contributed by atoms with E-state index < -0.39 is 32.3 Å². The van der Waals surface area contributed by atoms with Gasteiger partial charge < -0.3 is 5.11 Å². The standard InChI is InChI=1S/C22H20ClF2NO3S2/c1-31(28,29)21(15-9-17(24)11-18(25)10-15)22(27)12-26(13-22)20(19-3-2-8-30-19)14-4-6-16(23)7-5-14/h2-11,20-21,27H,12-13H2,1H3/t20-,21-/m1/s1. The number of aliphatic hydroxyl groups is 1. The van der Waals surface area contributed by atoms with E-state index in [4.69, 9.17) is 11.6 Å². The van der Waals surface area contributed by atoms with Crippen molar-refractivity contribution in [3.05, 3.63) is 92.6 Å². The molecule has 2 heterocycles. The zero-order valence-corrected chi connectivity index (χ0v) is 18.9. The van der Waals surface area contributed by atoms with E-state index >= 15 is 0 Å². The molecule has 0 saturated carbocycles. The van der Waals surface area contributed by atoms with Crippen LogP contribution in [0.15, 0.2) is 60.0 Å². The topological polar surface area (TPSA) is 57.6 Å². The molecule has 1 fully saturated rings. The van der Waals surface area contributed by atoms with Gasteiger partial charge in [-0.3, -0.25) is 4.90 Å². The summed E-state index contributed by atoms with van der Waals surface area (Å²) in [6.07, 6.45) is 0.969. The summed E-state index contributed by atoms with van der Waals surface area (Å²) in [5, 5.41) is 12.4. The van der Waals surface area contributed by atoms with Crippen molar-refractivity contribution in [2.45, 2.75) is 16.9 Å². The van der Waals surface area contributed by atoms with Gasteiger partial charge in [0.1, 0.15) is 22.5 Å². The highest BCUT2D eigenvalue weighted by Crippen LogP contribution is 2.45. The minimum absolute atomic E-state index is 0.0219. The van der Waals surface area contributed by atoms with Crippen LogP contribution in [0.25, 0.3) is 0 Å². The van der Waals surface area contributed by atoms with Gasteiger partial charge in [0.25, 0.3) is 0 Å². The van der Waals surface area contributed by atoms with Crippen LogP contribution < -0.4 is 0 Å². The molecular formula is C22H20ClF2NO3S2. The van der Waals surface area contributed by atoms with Gasteiger partial charge in [0.05, 0.1) is 6.04 Å². The van der Waals surface area contributed by atoms with E-state index in [1.165, 1.54) is 0 Å². The molecule has 1 aliphatic rings. The summed E-state index contributed by atoms with van der Waals surface area (Å²) in [5.41, 5.74) is -0.835. The Bertz CT molecular complexity index is 1160. The lowest BCUT2D eigenvalue weighted by molar-refractivity contribution is -0.112. The number of nitrogens with zero attached hydrogens (tertiary/aromatic N) is 1. The molecule has 0 unspecified atom stereocenters. The largest absolute Gasteiger partial charge is 0.385 e. The second-order valence-electron chi connectivity index (χ2n) is 7.89. The maximum absolute atomic E-state index is 13.8. The Labute approximate surface area is 188 Å². The molecule has 1 aliphatic heterocycles. The Kier molecular flexibility index (Phi) is 5.95. The number of benzene rings is 2. The number of halogens is 3. The predicted molar refractivity (Wildman–Crippen MR) is 118 cm³/mol. The first-order chi connectivity index (χ1) is 14.6. The van der Waals surface area contributed by atoms with E-state index in [0.717, 1.165) is 28.8 Å². The Morgan fingerprint density at radius 1 is 1.06 bits per heavy atom. The van der Waals surface area contributed by atoms with E-state index in [-0.39, 0.29) is 24.7 Å². The lowest BCUT2D eigenvalue weighted by atomic mass is 9.84. The molecular weight excluding hydrogens is 464 g/mol. The number of sulfone groups is 1. The summed E-state index contributed by atoms with van der Waals surface area (Å²) in [6.45, 7) is 0.0438. The van der Waals surface area contributed by atoms with Crippen LogP contribution in [0.1, 0.15) is 27.3 Å². The second kappa shape index (κ2) is 8.26. The van der Waals surface area contributed by atoms with E-state index in [2.05, 4.69) is 0 Å². The van der Waals surface area contributed by atoms with Gasteiger partial charge in [-0.05, 0) is 46.8 Å². The molecule has 0 aliphatic carbocycles. The van der Waals surface area contributed by atoms with Crippen LogP contribution in [0.5, 0.6) is 0 Å². The second-order valence-corrected chi connectivity index (χ2v) is 11.4. The van der Waals surface area contributed by atoms with Crippen LogP contribution in [0.3, 0.4) is 0 Å². The highest BCUT2D eigenvalue weighted by molar-refractivity contribution is 7.91. The summed E-state index contributed by atoms with van der Waals surface area (Å²) in [4.78, 5) is 2.97. The smallest absolute Gasteiger partial charge is 0.157 e. The van der Waals surface area contributed by atoms with Gasteiger partial charge >= 0.3 is 0 Å². The maximum atomic E-state index is 13.8. The fraction of sp³-hybridized carbons (Fsp3) is 0.273. The first kappa shape index (κ1) is 22.4. The van der Waals surface area contributed by atoms with Crippen LogP contribution in [-0.4, -0.2) is 43.4 Å². The molecule has 164 valence electrons. The van der Waals surface area contributed by atoms with Gasteiger partial charge in [0.15, 0.2) is 9.84 Å². The lowest BCUT2D eigenvalue weighted by Crippen LogP contribution is -2.66. The molecule has 2 atom stereocenters. The molecule has 0 bridgehead atoms. The first-order valence-corrected chi connectivity index (χ1v) is 12.7. The summed E-state index contributed by atoms with van der Waals surface area (Å²) >= 11 is 7.57. The molecule has 9 heteroatoms. The van der Waals surface area contributed by atoms with Gasteiger partial charge in [-0.25, -0.2) is 17.2 Å². The quantitative estimate of drug-likeness (QED) is 0.556. The summed E-state index contributed by atoms with van der Waals surface area (Å²) in [7, 11) is -3.87. The summed E-state index contributed by atoms with van der Waals surface area (Å²) < 4.78 is 52.7. The zero-order chi connectivity index (χ0) is 22.4. The van der Waals surface area contributed by atoms with E-state index in [1.807, 2.05) is 34.5 Å². The molecule has 1 N–H and O–H groups in total. The van der Waals surface area contributed by atoms with Crippen LogP contribution in [0.4, 0.5) is 8.78 Å². The third kappa shape index (κ3) is 4.54. The Balaban J connectivity index is 1.68. The van der Waals surface area contributed by atoms with Gasteiger partial charge in [-0.15, -0.1) is 11.3 Å². The fourth-order valence-corrected chi connectivity index (χ4v) is 6.92. The van der Waals surface area contributed by atoms with Crippen molar-refractivity contribution in [1.82, 2.24) is 4.90 Å². The third-order valence-electron chi connectivity index (χ3n) is 5.42. The monoisotopic (exact) mass is 483 g/mol. The van der Waals surface area contributed by atoms with Gasteiger partial charge in [0.2, 0.25) is 0 Å². The third-order valence-corrected chi connectivity index (χ3v) is 8.17. The average molecular weight is 484 g/mol. The number of hydrogen-bond acceptors (Lipinski definition) is 5. The van der Waals surface area contributed by atoms with Crippen molar-refractivity contribution < 1.29 is 22.3 Å². The normalized spacial score (nSPS) is 18.4. The molecule has 4 rings (SSSR count). The molecule has 0 radical (unpaired) electrons. The van der Waals surface area contributed by atoms with E-state index in [0.29, 0.717) is 11.1 Å². The summed E-state index contributed by atoms with van der Waals surface area (Å²) in [5.74, 6) is -1.78. The molecule has 0 amide bonds. The van der Waals surface area contributed by atoms with Crippen molar-refractivity contribution in [1.29, 1.82) is 0 Å². The average Bonchev–Trinajstić information content (AvgIpc) is 3.14. The van der Waals surface area contributed by atoms with Crippen LogP contribution >= 0.6 is 22.9 Å². The van der Waals surface area contributed by atoms with Crippen molar-refractivity contribution >= 4 is 32.8 Å². The zero-order valence-electron chi connectivity index (χ0n) is 16.5. The number of β-amino-alcohol motifs (C(OH)–C–C–N with tert-alkyl or cyclic N) is 1. The number of hydrogen-bond donors (Lipinski definition) is 1. The molecule has 0 spiro atoms. The number of rotatable bonds is 6. The molecule has 1 aromatic heterocycles. The van der Waals surface area contributed by atoms with Crippen LogP contribution in [0, 0.1) is 11.6 Å². The SMILES string of the molecule is CS(=O)(=O)[C@H](c1cc(F)cc(F)c1)C1(O)CN([C@H](c2ccc(Cl)cc2)c2cccs2)C1.